The van der Waals surface area contributed by atoms with E-state index in [9.17, 15) is 0 Å². The van der Waals surface area contributed by atoms with Crippen molar-refractivity contribution >= 4 is 28.7 Å². The Balaban J connectivity index is 2.44. The van der Waals surface area contributed by atoms with E-state index in [1.165, 1.54) is 0 Å². The summed E-state index contributed by atoms with van der Waals surface area (Å²) in [5, 5.41) is 9.99. The Bertz CT molecular complexity index is 697. The first-order valence-electron chi connectivity index (χ1n) is 6.45. The molecule has 4 heteroatoms. The number of para-hydroxylation sites is 1. The maximum absolute atomic E-state index is 8.90. The second-order valence-corrected chi connectivity index (χ2v) is 5.64. The molecule has 1 heterocycles. The molecular formula is C16H15N3S. The van der Waals surface area contributed by atoms with Crippen molar-refractivity contribution < 1.29 is 0 Å². The highest BCUT2D eigenvalue weighted by Crippen LogP contribution is 2.24. The molecule has 2 aromatic rings. The van der Waals surface area contributed by atoms with E-state index in [0.717, 1.165) is 34.5 Å². The molecule has 0 aliphatic carbocycles. The second-order valence-electron chi connectivity index (χ2n) is 4.25. The maximum Gasteiger partial charge on any atom is 0.262 e. The van der Waals surface area contributed by atoms with E-state index in [0.29, 0.717) is 0 Å². The molecule has 0 unspecified atom stereocenters. The fourth-order valence-corrected chi connectivity index (χ4v) is 2.73. The molecule has 0 fully saturated rings. The van der Waals surface area contributed by atoms with E-state index >= 15 is 0 Å². The zero-order valence-corrected chi connectivity index (χ0v) is 12.2. The standard InChI is InChI=1S/C16H15N3S/c1-3-20-9-8-19-12-13(10-14(11-17)18-2)15-6-4-5-7-16(15)19/h4-7,10,12H,3,8-9H2,1H3/b14-10-. The molecule has 0 aliphatic heterocycles. The highest BCUT2D eigenvalue weighted by molar-refractivity contribution is 7.99. The van der Waals surface area contributed by atoms with Gasteiger partial charge < -0.3 is 4.57 Å². The lowest BCUT2D eigenvalue weighted by Gasteiger charge is -2.03. The molecule has 3 nitrogen and oxygen atoms in total. The van der Waals surface area contributed by atoms with Crippen molar-refractivity contribution in [2.24, 2.45) is 0 Å². The van der Waals surface area contributed by atoms with Gasteiger partial charge in [-0.25, -0.2) is 10.1 Å². The van der Waals surface area contributed by atoms with Gasteiger partial charge in [0.05, 0.1) is 12.6 Å². The third-order valence-electron chi connectivity index (χ3n) is 3.03. The average molecular weight is 281 g/mol. The van der Waals surface area contributed by atoms with Gasteiger partial charge in [0.25, 0.3) is 5.70 Å². The van der Waals surface area contributed by atoms with E-state index in [2.05, 4.69) is 22.4 Å². The molecule has 0 saturated carbocycles. The summed E-state index contributed by atoms with van der Waals surface area (Å²) in [6.07, 6.45) is 3.70. The number of allylic oxidation sites excluding steroid dienone is 1. The number of hydrogen-bond acceptors (Lipinski definition) is 2. The number of aromatic nitrogens is 1. The van der Waals surface area contributed by atoms with Gasteiger partial charge in [-0.3, -0.25) is 0 Å². The van der Waals surface area contributed by atoms with Crippen molar-refractivity contribution in [2.45, 2.75) is 13.5 Å². The fourth-order valence-electron chi connectivity index (χ4n) is 2.12. The van der Waals surface area contributed by atoms with Crippen LogP contribution in [0.3, 0.4) is 0 Å². The van der Waals surface area contributed by atoms with Crippen molar-refractivity contribution in [3.05, 3.63) is 53.1 Å². The summed E-state index contributed by atoms with van der Waals surface area (Å²) in [6.45, 7) is 10.1. The minimum atomic E-state index is 0.121. The minimum Gasteiger partial charge on any atom is -0.346 e. The first-order valence-corrected chi connectivity index (χ1v) is 7.60. The van der Waals surface area contributed by atoms with E-state index in [1.807, 2.05) is 42.2 Å². The van der Waals surface area contributed by atoms with Crippen LogP contribution in [-0.2, 0) is 6.54 Å². The quantitative estimate of drug-likeness (QED) is 0.468. The molecule has 2 rings (SSSR count). The summed E-state index contributed by atoms with van der Waals surface area (Å²) in [4.78, 5) is 3.23. The van der Waals surface area contributed by atoms with Crippen LogP contribution in [0.15, 0.2) is 36.2 Å². The lowest BCUT2D eigenvalue weighted by Crippen LogP contribution is -1.98. The summed E-state index contributed by atoms with van der Waals surface area (Å²) < 4.78 is 2.20. The van der Waals surface area contributed by atoms with Crippen molar-refractivity contribution in [3.8, 4) is 6.07 Å². The van der Waals surface area contributed by atoms with Crippen LogP contribution in [0.4, 0.5) is 0 Å². The Morgan fingerprint density at radius 1 is 1.50 bits per heavy atom. The van der Waals surface area contributed by atoms with Gasteiger partial charge in [-0.1, -0.05) is 25.1 Å². The van der Waals surface area contributed by atoms with Gasteiger partial charge in [0.1, 0.15) is 0 Å². The molecule has 100 valence electrons. The summed E-state index contributed by atoms with van der Waals surface area (Å²) >= 11 is 1.91. The molecule has 0 bridgehead atoms. The van der Waals surface area contributed by atoms with Crippen LogP contribution in [0.2, 0.25) is 0 Å². The van der Waals surface area contributed by atoms with Crippen LogP contribution in [0.25, 0.3) is 21.8 Å². The van der Waals surface area contributed by atoms with Gasteiger partial charge >= 0.3 is 0 Å². The number of fused-ring (bicyclic) bond motifs is 1. The Morgan fingerprint density at radius 2 is 2.30 bits per heavy atom. The van der Waals surface area contributed by atoms with Gasteiger partial charge in [-0.15, -0.1) is 0 Å². The number of rotatable bonds is 5. The normalized spacial score (nSPS) is 11.2. The Morgan fingerprint density at radius 3 is 3.00 bits per heavy atom. The number of nitrogens with zero attached hydrogens (tertiary/aromatic N) is 3. The van der Waals surface area contributed by atoms with Crippen molar-refractivity contribution in [2.75, 3.05) is 11.5 Å². The summed E-state index contributed by atoms with van der Waals surface area (Å²) in [7, 11) is 0. The first kappa shape index (κ1) is 14.2. The first-order chi connectivity index (χ1) is 9.80. The van der Waals surface area contributed by atoms with Crippen LogP contribution in [0.5, 0.6) is 0 Å². The minimum absolute atomic E-state index is 0.121. The molecule has 1 aromatic carbocycles. The second kappa shape index (κ2) is 6.84. The van der Waals surface area contributed by atoms with Crippen LogP contribution < -0.4 is 0 Å². The molecular weight excluding hydrogens is 266 g/mol. The molecule has 20 heavy (non-hydrogen) atoms. The molecule has 0 saturated heterocycles. The fraction of sp³-hybridized carbons (Fsp3) is 0.250. The average Bonchev–Trinajstić information content (AvgIpc) is 2.83. The topological polar surface area (TPSA) is 33.1 Å². The summed E-state index contributed by atoms with van der Waals surface area (Å²) in [5.41, 5.74) is 2.21. The molecule has 0 aliphatic rings. The SMILES string of the molecule is [C-]#[N+]/C(C#N)=C\c1cn(CCSCC)c2ccccc12. The predicted molar refractivity (Wildman–Crippen MR) is 85.1 cm³/mol. The van der Waals surface area contributed by atoms with Gasteiger partial charge in [-0.05, 0) is 23.5 Å². The molecule has 0 N–H and O–H groups in total. The smallest absolute Gasteiger partial charge is 0.262 e. The lowest BCUT2D eigenvalue weighted by molar-refractivity contribution is 0.807. The van der Waals surface area contributed by atoms with Crippen LogP contribution in [0.1, 0.15) is 12.5 Å². The van der Waals surface area contributed by atoms with E-state index in [-0.39, 0.29) is 5.70 Å². The van der Waals surface area contributed by atoms with Crippen molar-refractivity contribution in [1.82, 2.24) is 4.57 Å². The molecule has 0 atom stereocenters. The molecule has 0 spiro atoms. The van der Waals surface area contributed by atoms with Gasteiger partial charge in [0, 0.05) is 29.4 Å². The molecule has 1 aromatic heterocycles. The zero-order chi connectivity index (χ0) is 14.4. The maximum atomic E-state index is 8.90. The molecule has 0 amide bonds. The Hall–Kier alpha value is -2.17. The van der Waals surface area contributed by atoms with Crippen LogP contribution in [-0.4, -0.2) is 16.1 Å². The summed E-state index contributed by atoms with van der Waals surface area (Å²) in [5.74, 6) is 2.18. The Kier molecular flexibility index (Phi) is 4.87. The zero-order valence-electron chi connectivity index (χ0n) is 11.3. The number of nitriles is 1. The van der Waals surface area contributed by atoms with Gasteiger partial charge in [0.15, 0.2) is 0 Å². The van der Waals surface area contributed by atoms with E-state index < -0.39 is 0 Å². The highest BCUT2D eigenvalue weighted by atomic mass is 32.2. The van der Waals surface area contributed by atoms with Crippen molar-refractivity contribution in [1.29, 1.82) is 5.26 Å². The largest absolute Gasteiger partial charge is 0.346 e. The lowest BCUT2D eigenvalue weighted by atomic mass is 10.1. The van der Waals surface area contributed by atoms with Gasteiger partial charge in [0.2, 0.25) is 0 Å². The third kappa shape index (κ3) is 3.04. The van der Waals surface area contributed by atoms with Gasteiger partial charge in [-0.2, -0.15) is 11.8 Å². The highest BCUT2D eigenvalue weighted by Gasteiger charge is 2.07. The monoisotopic (exact) mass is 281 g/mol. The van der Waals surface area contributed by atoms with E-state index in [1.54, 1.807) is 6.08 Å². The van der Waals surface area contributed by atoms with Crippen LogP contribution in [0, 0.1) is 17.9 Å². The van der Waals surface area contributed by atoms with Crippen molar-refractivity contribution in [3.63, 3.8) is 0 Å². The number of thioether (sulfide) groups is 1. The van der Waals surface area contributed by atoms with Crippen LogP contribution >= 0.6 is 11.8 Å². The Labute approximate surface area is 123 Å². The summed E-state index contributed by atoms with van der Waals surface area (Å²) in [6, 6.07) is 10.0. The number of benzene rings is 1. The third-order valence-corrected chi connectivity index (χ3v) is 3.91. The van der Waals surface area contributed by atoms with E-state index in [4.69, 9.17) is 11.8 Å². The number of hydrogen-bond donors (Lipinski definition) is 0. The predicted octanol–water partition coefficient (Wildman–Crippen LogP) is 4.18. The number of aryl methyl sites for hydroxylation is 1. The molecule has 0 radical (unpaired) electrons.